The normalized spacial score (nSPS) is 11.7. The van der Waals surface area contributed by atoms with Crippen molar-refractivity contribution in [2.24, 2.45) is 0 Å². The third-order valence-electron chi connectivity index (χ3n) is 1.75. The van der Waals surface area contributed by atoms with Crippen molar-refractivity contribution in [3.63, 3.8) is 0 Å². The van der Waals surface area contributed by atoms with Gasteiger partial charge in [0.15, 0.2) is 0 Å². The molecule has 1 rings (SSSR count). The van der Waals surface area contributed by atoms with E-state index in [2.05, 4.69) is 10.1 Å². The summed E-state index contributed by atoms with van der Waals surface area (Å²) < 4.78 is 23.7. The maximum absolute atomic E-state index is 11.8. The molecule has 1 aromatic rings. The van der Waals surface area contributed by atoms with Crippen LogP contribution >= 0.6 is 0 Å². The molecule has 5 nitrogen and oxygen atoms in total. The van der Waals surface area contributed by atoms with Crippen LogP contribution in [0.5, 0.6) is 0 Å². The zero-order chi connectivity index (χ0) is 11.5. The van der Waals surface area contributed by atoms with Gasteiger partial charge in [-0.3, -0.25) is 0 Å². The largest absolute Gasteiger partial charge is 0.387 e. The van der Waals surface area contributed by atoms with Gasteiger partial charge in [-0.2, -0.15) is 0 Å². The standard InChI is InChI=1S/C9H15N3O2S/c1-10-8-6-4-5-7-9(8)15(13,14)11-12(2)3/h4-7,10-11H,1-3H3. The van der Waals surface area contributed by atoms with Crippen molar-refractivity contribution in [2.75, 3.05) is 26.5 Å². The summed E-state index contributed by atoms with van der Waals surface area (Å²) in [6, 6.07) is 6.73. The molecule has 0 fully saturated rings. The van der Waals surface area contributed by atoms with Crippen LogP contribution in [-0.2, 0) is 10.0 Å². The smallest absolute Gasteiger partial charge is 0.255 e. The Labute approximate surface area is 90.1 Å². The quantitative estimate of drug-likeness (QED) is 0.737. The van der Waals surface area contributed by atoms with Crippen LogP contribution < -0.4 is 10.1 Å². The summed E-state index contributed by atoms with van der Waals surface area (Å²) in [5, 5.41) is 4.23. The number of nitrogens with zero attached hydrogens (tertiary/aromatic N) is 1. The summed E-state index contributed by atoms with van der Waals surface area (Å²) in [6.07, 6.45) is 0. The van der Waals surface area contributed by atoms with E-state index in [1.54, 1.807) is 45.4 Å². The predicted molar refractivity (Wildman–Crippen MR) is 60.0 cm³/mol. The first-order chi connectivity index (χ1) is 6.97. The van der Waals surface area contributed by atoms with E-state index in [0.29, 0.717) is 5.69 Å². The molecule has 2 N–H and O–H groups in total. The van der Waals surface area contributed by atoms with Crippen LogP contribution in [0.1, 0.15) is 0 Å². The Morgan fingerprint density at radius 3 is 2.33 bits per heavy atom. The molecule has 0 unspecified atom stereocenters. The highest BCUT2D eigenvalue weighted by molar-refractivity contribution is 7.89. The van der Waals surface area contributed by atoms with Crippen molar-refractivity contribution in [3.05, 3.63) is 24.3 Å². The molecule has 0 bridgehead atoms. The van der Waals surface area contributed by atoms with Crippen LogP contribution in [0.4, 0.5) is 5.69 Å². The van der Waals surface area contributed by atoms with Crippen molar-refractivity contribution in [2.45, 2.75) is 4.90 Å². The number of sulfonamides is 1. The van der Waals surface area contributed by atoms with Crippen LogP contribution in [-0.4, -0.2) is 34.6 Å². The molecule has 0 aliphatic heterocycles. The van der Waals surface area contributed by atoms with Crippen molar-refractivity contribution < 1.29 is 8.42 Å². The average Bonchev–Trinajstić information content (AvgIpc) is 2.16. The topological polar surface area (TPSA) is 61.4 Å². The molecule has 15 heavy (non-hydrogen) atoms. The molecule has 0 amide bonds. The zero-order valence-corrected chi connectivity index (χ0v) is 9.80. The fourth-order valence-corrected chi connectivity index (χ4v) is 2.49. The van der Waals surface area contributed by atoms with E-state index in [-0.39, 0.29) is 4.90 Å². The highest BCUT2D eigenvalue weighted by atomic mass is 32.2. The molecule has 0 heterocycles. The van der Waals surface area contributed by atoms with Gasteiger partial charge >= 0.3 is 0 Å². The number of hydrogen-bond donors (Lipinski definition) is 2. The van der Waals surface area contributed by atoms with Gasteiger partial charge in [0.05, 0.1) is 5.69 Å². The van der Waals surface area contributed by atoms with Crippen LogP contribution in [0.25, 0.3) is 0 Å². The lowest BCUT2D eigenvalue weighted by Crippen LogP contribution is -2.36. The fourth-order valence-electron chi connectivity index (χ4n) is 1.20. The van der Waals surface area contributed by atoms with E-state index in [1.165, 1.54) is 5.01 Å². The molecule has 0 radical (unpaired) electrons. The lowest BCUT2D eigenvalue weighted by Gasteiger charge is -2.14. The Morgan fingerprint density at radius 2 is 1.80 bits per heavy atom. The second kappa shape index (κ2) is 4.61. The third-order valence-corrected chi connectivity index (χ3v) is 3.29. The lowest BCUT2D eigenvalue weighted by molar-refractivity contribution is 0.364. The molecule has 1 aromatic carbocycles. The summed E-state index contributed by atoms with van der Waals surface area (Å²) in [4.78, 5) is 2.61. The van der Waals surface area contributed by atoms with E-state index < -0.39 is 10.0 Å². The second-order valence-electron chi connectivity index (χ2n) is 3.24. The van der Waals surface area contributed by atoms with Gasteiger partial charge in [0, 0.05) is 21.1 Å². The molecular weight excluding hydrogens is 214 g/mol. The van der Waals surface area contributed by atoms with Gasteiger partial charge in [0.1, 0.15) is 4.90 Å². The Bertz CT molecular complexity index is 429. The first-order valence-electron chi connectivity index (χ1n) is 4.44. The van der Waals surface area contributed by atoms with Gasteiger partial charge in [0.2, 0.25) is 0 Å². The average molecular weight is 229 g/mol. The summed E-state index contributed by atoms with van der Waals surface area (Å²) >= 11 is 0. The van der Waals surface area contributed by atoms with Gasteiger partial charge in [0.25, 0.3) is 10.0 Å². The Morgan fingerprint density at radius 1 is 1.20 bits per heavy atom. The van der Waals surface area contributed by atoms with E-state index in [9.17, 15) is 8.42 Å². The number of hydrogen-bond acceptors (Lipinski definition) is 4. The highest BCUT2D eigenvalue weighted by Gasteiger charge is 2.17. The van der Waals surface area contributed by atoms with Gasteiger partial charge < -0.3 is 5.32 Å². The number of para-hydroxylation sites is 1. The van der Waals surface area contributed by atoms with Crippen LogP contribution in [0.3, 0.4) is 0 Å². The van der Waals surface area contributed by atoms with Crippen molar-refractivity contribution in [1.82, 2.24) is 9.84 Å². The minimum Gasteiger partial charge on any atom is -0.387 e. The minimum absolute atomic E-state index is 0.237. The predicted octanol–water partition coefficient (Wildman–Crippen LogP) is 0.483. The second-order valence-corrected chi connectivity index (χ2v) is 4.86. The molecule has 0 saturated carbocycles. The zero-order valence-electron chi connectivity index (χ0n) is 8.98. The number of rotatable bonds is 4. The number of anilines is 1. The van der Waals surface area contributed by atoms with Crippen molar-refractivity contribution >= 4 is 15.7 Å². The minimum atomic E-state index is -3.49. The molecule has 0 aliphatic carbocycles. The molecule has 0 aliphatic rings. The molecule has 84 valence electrons. The molecule has 0 saturated heterocycles. The first kappa shape index (κ1) is 12.0. The molecular formula is C9H15N3O2S. The molecule has 0 spiro atoms. The fraction of sp³-hybridized carbons (Fsp3) is 0.333. The Hall–Kier alpha value is -1.11. The highest BCUT2D eigenvalue weighted by Crippen LogP contribution is 2.19. The van der Waals surface area contributed by atoms with Gasteiger partial charge in [-0.15, -0.1) is 4.83 Å². The number of hydrazine groups is 1. The monoisotopic (exact) mass is 229 g/mol. The molecule has 6 heteroatoms. The third kappa shape index (κ3) is 2.92. The summed E-state index contributed by atoms with van der Waals surface area (Å²) in [6.45, 7) is 0. The van der Waals surface area contributed by atoms with Gasteiger partial charge in [-0.25, -0.2) is 13.4 Å². The van der Waals surface area contributed by atoms with Gasteiger partial charge in [-0.1, -0.05) is 12.1 Å². The lowest BCUT2D eigenvalue weighted by atomic mass is 10.3. The van der Waals surface area contributed by atoms with E-state index in [0.717, 1.165) is 0 Å². The number of nitrogens with one attached hydrogen (secondary N) is 2. The summed E-state index contributed by atoms with van der Waals surface area (Å²) in [7, 11) is 1.44. The van der Waals surface area contributed by atoms with Crippen LogP contribution in [0, 0.1) is 0 Å². The maximum atomic E-state index is 11.8. The Balaban J connectivity index is 3.15. The maximum Gasteiger partial charge on any atom is 0.255 e. The summed E-state index contributed by atoms with van der Waals surface area (Å²) in [5.74, 6) is 0. The van der Waals surface area contributed by atoms with Crippen LogP contribution in [0.2, 0.25) is 0 Å². The molecule has 0 aromatic heterocycles. The Kier molecular flexibility index (Phi) is 3.67. The summed E-state index contributed by atoms with van der Waals surface area (Å²) in [5.41, 5.74) is 0.576. The first-order valence-corrected chi connectivity index (χ1v) is 5.92. The van der Waals surface area contributed by atoms with E-state index in [4.69, 9.17) is 0 Å². The number of benzene rings is 1. The van der Waals surface area contributed by atoms with Crippen LogP contribution in [0.15, 0.2) is 29.2 Å². The van der Waals surface area contributed by atoms with Crippen molar-refractivity contribution in [1.29, 1.82) is 0 Å². The molecule has 0 atom stereocenters. The SMILES string of the molecule is CNc1ccccc1S(=O)(=O)NN(C)C. The van der Waals surface area contributed by atoms with Gasteiger partial charge in [-0.05, 0) is 12.1 Å². The van der Waals surface area contributed by atoms with E-state index in [1.807, 2.05) is 0 Å². The van der Waals surface area contributed by atoms with E-state index >= 15 is 0 Å². The van der Waals surface area contributed by atoms with Crippen molar-refractivity contribution in [3.8, 4) is 0 Å².